The second kappa shape index (κ2) is 7.16. The van der Waals surface area contributed by atoms with Crippen LogP contribution in [0, 0.1) is 0 Å². The monoisotopic (exact) mass is 378 g/mol. The molecule has 0 radical (unpaired) electrons. The van der Waals surface area contributed by atoms with Gasteiger partial charge in [0.15, 0.2) is 0 Å². The van der Waals surface area contributed by atoms with Crippen LogP contribution in [0.4, 0.5) is 0 Å². The molecule has 0 amide bonds. The van der Waals surface area contributed by atoms with E-state index < -0.39 is 11.4 Å². The number of aryl methyl sites for hydroxylation is 1. The lowest BCUT2D eigenvalue weighted by Crippen LogP contribution is -2.38. The van der Waals surface area contributed by atoms with Crippen LogP contribution in [0.3, 0.4) is 0 Å². The maximum absolute atomic E-state index is 12.8. The third-order valence-electron chi connectivity index (χ3n) is 5.37. The van der Waals surface area contributed by atoms with Crippen molar-refractivity contribution >= 4 is 34.6 Å². The quantitative estimate of drug-likeness (QED) is 0.467. The molecule has 1 atom stereocenters. The molecule has 0 fully saturated rings. The first-order chi connectivity index (χ1) is 13.1. The van der Waals surface area contributed by atoms with Crippen LogP contribution in [0.25, 0.3) is 10.8 Å². The molecule has 1 aliphatic carbocycles. The fraction of sp³-hybridized carbons (Fsp3) is 0.217. The minimum atomic E-state index is -0.807. The van der Waals surface area contributed by atoms with E-state index in [2.05, 4.69) is 0 Å². The molecule has 0 aromatic heterocycles. The SMILES string of the molecule is O=CC1(COC(=O)c2cccc3ccccc23)CCCc2cc(Cl)ccc21. The predicted molar refractivity (Wildman–Crippen MR) is 106 cm³/mol. The highest BCUT2D eigenvalue weighted by Crippen LogP contribution is 2.37. The summed E-state index contributed by atoms with van der Waals surface area (Å²) in [7, 11) is 0. The highest BCUT2D eigenvalue weighted by Gasteiger charge is 2.38. The Morgan fingerprint density at radius 1 is 1.11 bits per heavy atom. The summed E-state index contributed by atoms with van der Waals surface area (Å²) in [6, 6.07) is 18.8. The number of rotatable bonds is 4. The van der Waals surface area contributed by atoms with E-state index in [1.807, 2.05) is 48.5 Å². The van der Waals surface area contributed by atoms with E-state index in [9.17, 15) is 9.59 Å². The highest BCUT2D eigenvalue weighted by molar-refractivity contribution is 6.30. The normalized spacial score (nSPS) is 18.7. The maximum Gasteiger partial charge on any atom is 0.338 e. The van der Waals surface area contributed by atoms with Gasteiger partial charge in [0.25, 0.3) is 0 Å². The fourth-order valence-corrected chi connectivity index (χ4v) is 4.16. The zero-order chi connectivity index (χ0) is 18.9. The topological polar surface area (TPSA) is 43.4 Å². The van der Waals surface area contributed by atoms with Gasteiger partial charge in [-0.15, -0.1) is 0 Å². The number of benzene rings is 3. The molecule has 3 aromatic carbocycles. The Morgan fingerprint density at radius 2 is 1.93 bits per heavy atom. The van der Waals surface area contributed by atoms with E-state index in [1.54, 1.807) is 12.1 Å². The van der Waals surface area contributed by atoms with Gasteiger partial charge in [-0.1, -0.05) is 54.1 Å². The van der Waals surface area contributed by atoms with Crippen molar-refractivity contribution in [1.82, 2.24) is 0 Å². The van der Waals surface area contributed by atoms with Crippen LogP contribution >= 0.6 is 11.6 Å². The van der Waals surface area contributed by atoms with Crippen molar-refractivity contribution in [3.63, 3.8) is 0 Å². The summed E-state index contributed by atoms with van der Waals surface area (Å²) in [6.45, 7) is 0.0349. The fourth-order valence-electron chi connectivity index (χ4n) is 3.97. The third kappa shape index (κ3) is 3.24. The summed E-state index contributed by atoms with van der Waals surface area (Å²) in [5, 5.41) is 2.49. The summed E-state index contributed by atoms with van der Waals surface area (Å²) in [6.07, 6.45) is 3.32. The summed E-state index contributed by atoms with van der Waals surface area (Å²) < 4.78 is 5.65. The number of esters is 1. The molecule has 0 aliphatic heterocycles. The smallest absolute Gasteiger partial charge is 0.338 e. The second-order valence-electron chi connectivity index (χ2n) is 7.03. The predicted octanol–water partition coefficient (Wildman–Crippen LogP) is 5.12. The molecule has 0 saturated heterocycles. The molecule has 0 spiro atoms. The van der Waals surface area contributed by atoms with E-state index in [4.69, 9.17) is 16.3 Å². The van der Waals surface area contributed by atoms with Crippen LogP contribution < -0.4 is 0 Å². The van der Waals surface area contributed by atoms with Crippen molar-refractivity contribution in [2.75, 3.05) is 6.61 Å². The van der Waals surface area contributed by atoms with Crippen molar-refractivity contribution in [3.05, 3.63) is 82.4 Å². The van der Waals surface area contributed by atoms with Crippen LogP contribution in [0.2, 0.25) is 5.02 Å². The van der Waals surface area contributed by atoms with Crippen LogP contribution in [-0.2, 0) is 21.4 Å². The molecule has 0 bridgehead atoms. The van der Waals surface area contributed by atoms with E-state index >= 15 is 0 Å². The summed E-state index contributed by atoms with van der Waals surface area (Å²) >= 11 is 6.10. The van der Waals surface area contributed by atoms with Crippen LogP contribution in [-0.4, -0.2) is 18.9 Å². The molecule has 0 saturated carbocycles. The minimum Gasteiger partial charge on any atom is -0.461 e. The Hall–Kier alpha value is -2.65. The van der Waals surface area contributed by atoms with Gasteiger partial charge < -0.3 is 9.53 Å². The van der Waals surface area contributed by atoms with Gasteiger partial charge in [0.05, 0.1) is 11.0 Å². The molecular formula is C23H19ClO3. The molecule has 3 nitrogen and oxygen atoms in total. The number of fused-ring (bicyclic) bond motifs is 2. The van der Waals surface area contributed by atoms with Crippen molar-refractivity contribution in [3.8, 4) is 0 Å². The first kappa shape index (κ1) is 17.7. The Kier molecular flexibility index (Phi) is 4.71. The number of halogens is 1. The molecule has 3 aromatic rings. The average molecular weight is 379 g/mol. The van der Waals surface area contributed by atoms with Gasteiger partial charge in [-0.25, -0.2) is 4.79 Å². The van der Waals surface area contributed by atoms with Gasteiger partial charge in [-0.05, 0) is 59.4 Å². The lowest BCUT2D eigenvalue weighted by atomic mass is 9.71. The molecule has 136 valence electrons. The van der Waals surface area contributed by atoms with E-state index in [0.29, 0.717) is 17.0 Å². The lowest BCUT2D eigenvalue weighted by Gasteiger charge is -2.34. The second-order valence-corrected chi connectivity index (χ2v) is 7.47. The number of hydrogen-bond donors (Lipinski definition) is 0. The van der Waals surface area contributed by atoms with Crippen LogP contribution in [0.5, 0.6) is 0 Å². The summed E-state index contributed by atoms with van der Waals surface area (Å²) in [5.74, 6) is -0.408. The standard InChI is InChI=1S/C23H19ClO3/c24-18-10-11-21-17(13-18)7-4-12-23(21,14-25)15-27-22(26)20-9-3-6-16-5-1-2-8-19(16)20/h1-3,5-6,8-11,13-14H,4,7,12,15H2. The van der Waals surface area contributed by atoms with Crippen molar-refractivity contribution < 1.29 is 14.3 Å². The Labute approximate surface area is 162 Å². The van der Waals surface area contributed by atoms with Gasteiger partial charge in [-0.2, -0.15) is 0 Å². The van der Waals surface area contributed by atoms with Crippen LogP contribution in [0.15, 0.2) is 60.7 Å². The number of aldehydes is 1. The molecular weight excluding hydrogens is 360 g/mol. The third-order valence-corrected chi connectivity index (χ3v) is 5.60. The molecule has 27 heavy (non-hydrogen) atoms. The maximum atomic E-state index is 12.8. The minimum absolute atomic E-state index is 0.0349. The molecule has 1 aliphatic rings. The van der Waals surface area contributed by atoms with Crippen molar-refractivity contribution in [2.45, 2.75) is 24.7 Å². The number of hydrogen-bond acceptors (Lipinski definition) is 3. The van der Waals surface area contributed by atoms with Gasteiger partial charge in [0.2, 0.25) is 0 Å². The lowest BCUT2D eigenvalue weighted by molar-refractivity contribution is -0.114. The van der Waals surface area contributed by atoms with E-state index in [0.717, 1.165) is 41.0 Å². The first-order valence-corrected chi connectivity index (χ1v) is 9.41. The number of carbonyl (C=O) groups is 2. The van der Waals surface area contributed by atoms with Gasteiger partial charge in [0, 0.05) is 5.02 Å². The molecule has 0 heterocycles. The van der Waals surface area contributed by atoms with Gasteiger partial charge in [-0.3, -0.25) is 0 Å². The highest BCUT2D eigenvalue weighted by atomic mass is 35.5. The molecule has 0 N–H and O–H groups in total. The largest absolute Gasteiger partial charge is 0.461 e. The van der Waals surface area contributed by atoms with Gasteiger partial charge >= 0.3 is 5.97 Å². The molecule has 1 unspecified atom stereocenters. The van der Waals surface area contributed by atoms with Gasteiger partial charge in [0.1, 0.15) is 12.9 Å². The van der Waals surface area contributed by atoms with Crippen LogP contribution in [0.1, 0.15) is 34.3 Å². The van der Waals surface area contributed by atoms with E-state index in [-0.39, 0.29) is 6.61 Å². The van der Waals surface area contributed by atoms with Crippen molar-refractivity contribution in [2.24, 2.45) is 0 Å². The first-order valence-electron chi connectivity index (χ1n) is 9.03. The van der Waals surface area contributed by atoms with Crippen molar-refractivity contribution in [1.29, 1.82) is 0 Å². The molecule has 4 rings (SSSR count). The summed E-state index contributed by atoms with van der Waals surface area (Å²) in [5.41, 5.74) is 1.68. The Balaban J connectivity index is 1.62. The molecule has 4 heteroatoms. The Morgan fingerprint density at radius 3 is 2.78 bits per heavy atom. The zero-order valence-electron chi connectivity index (χ0n) is 14.8. The summed E-state index contributed by atoms with van der Waals surface area (Å²) in [4.78, 5) is 24.8. The van der Waals surface area contributed by atoms with E-state index in [1.165, 1.54) is 0 Å². The Bertz CT molecular complexity index is 1020. The average Bonchev–Trinajstić information content (AvgIpc) is 2.71. The number of ether oxygens (including phenoxy) is 1. The number of carbonyl (C=O) groups excluding carboxylic acids is 2. The zero-order valence-corrected chi connectivity index (χ0v) is 15.5.